The van der Waals surface area contributed by atoms with E-state index in [9.17, 15) is 8.42 Å². The minimum atomic E-state index is -3.78. The fourth-order valence-corrected chi connectivity index (χ4v) is 4.79. The molecule has 0 aliphatic heterocycles. The number of aromatic nitrogens is 1. The molecular formula is C22H18Cl2N2O2S. The van der Waals surface area contributed by atoms with Crippen LogP contribution in [0.1, 0.15) is 22.7 Å². The van der Waals surface area contributed by atoms with E-state index in [2.05, 4.69) is 9.71 Å². The van der Waals surface area contributed by atoms with Gasteiger partial charge in [-0.15, -0.1) is 0 Å². The Balaban J connectivity index is 1.84. The van der Waals surface area contributed by atoms with Crippen LogP contribution in [0.25, 0.3) is 10.9 Å². The number of sulfonamides is 1. The topological polar surface area (TPSA) is 62.0 Å². The number of rotatable bonds is 5. The highest BCUT2D eigenvalue weighted by molar-refractivity contribution is 7.89. The molecule has 7 heteroatoms. The third-order valence-electron chi connectivity index (χ3n) is 4.81. The van der Waals surface area contributed by atoms with Crippen LogP contribution in [-0.2, 0) is 10.0 Å². The van der Waals surface area contributed by atoms with Crippen molar-refractivity contribution in [3.63, 3.8) is 0 Å². The molecule has 0 aliphatic carbocycles. The van der Waals surface area contributed by atoms with Gasteiger partial charge in [0.1, 0.15) is 0 Å². The van der Waals surface area contributed by atoms with Gasteiger partial charge in [0.25, 0.3) is 0 Å². The number of aromatic amines is 1. The second kappa shape index (κ2) is 7.84. The van der Waals surface area contributed by atoms with E-state index in [1.165, 1.54) is 0 Å². The van der Waals surface area contributed by atoms with Gasteiger partial charge in [0.05, 0.1) is 21.0 Å². The van der Waals surface area contributed by atoms with Crippen molar-refractivity contribution in [2.75, 3.05) is 0 Å². The van der Waals surface area contributed by atoms with Gasteiger partial charge in [-0.1, -0.05) is 65.2 Å². The summed E-state index contributed by atoms with van der Waals surface area (Å²) in [5, 5.41) is 1.70. The fraction of sp³-hybridized carbons (Fsp3) is 0.0909. The van der Waals surface area contributed by atoms with E-state index in [4.69, 9.17) is 23.2 Å². The van der Waals surface area contributed by atoms with Gasteiger partial charge in [-0.3, -0.25) is 0 Å². The van der Waals surface area contributed by atoms with Crippen LogP contribution in [-0.4, -0.2) is 13.4 Å². The van der Waals surface area contributed by atoms with Crippen molar-refractivity contribution in [1.82, 2.24) is 9.71 Å². The number of para-hydroxylation sites is 1. The number of benzene rings is 3. The number of hydrogen-bond donors (Lipinski definition) is 2. The molecular weight excluding hydrogens is 427 g/mol. The summed E-state index contributed by atoms with van der Waals surface area (Å²) in [5.74, 6) is 0. The molecule has 0 unspecified atom stereocenters. The Bertz CT molecular complexity index is 1280. The second-order valence-corrected chi connectivity index (χ2v) is 9.36. The van der Waals surface area contributed by atoms with Crippen LogP contribution in [0.3, 0.4) is 0 Å². The Hall–Kier alpha value is -2.31. The number of aryl methyl sites for hydroxylation is 1. The predicted octanol–water partition coefficient (Wildman–Crippen LogP) is 5.85. The minimum Gasteiger partial charge on any atom is -0.361 e. The van der Waals surface area contributed by atoms with Crippen molar-refractivity contribution >= 4 is 44.1 Å². The summed E-state index contributed by atoms with van der Waals surface area (Å²) in [5.41, 5.74) is 3.40. The van der Waals surface area contributed by atoms with Crippen molar-refractivity contribution in [2.24, 2.45) is 0 Å². The first-order chi connectivity index (χ1) is 13.8. The highest BCUT2D eigenvalue weighted by atomic mass is 35.5. The maximum absolute atomic E-state index is 13.1. The zero-order chi connectivity index (χ0) is 20.6. The van der Waals surface area contributed by atoms with E-state index in [0.717, 1.165) is 22.0 Å². The normalized spacial score (nSPS) is 12.9. The minimum absolute atomic E-state index is 0.202. The first kappa shape index (κ1) is 20.0. The number of hydrogen-bond acceptors (Lipinski definition) is 2. The third-order valence-corrected chi connectivity index (χ3v) is 6.99. The Labute approximate surface area is 179 Å². The van der Waals surface area contributed by atoms with Crippen LogP contribution in [0.2, 0.25) is 10.0 Å². The molecule has 0 saturated heterocycles. The smallest absolute Gasteiger partial charge is 0.241 e. The zero-order valence-electron chi connectivity index (χ0n) is 15.5. The third kappa shape index (κ3) is 4.05. The molecule has 0 spiro atoms. The molecule has 2 N–H and O–H groups in total. The van der Waals surface area contributed by atoms with Crippen molar-refractivity contribution < 1.29 is 8.42 Å². The molecule has 0 amide bonds. The summed E-state index contributed by atoms with van der Waals surface area (Å²) < 4.78 is 29.1. The van der Waals surface area contributed by atoms with Gasteiger partial charge in [-0.25, -0.2) is 8.42 Å². The summed E-state index contributed by atoms with van der Waals surface area (Å²) in [6, 6.07) is 19.0. The zero-order valence-corrected chi connectivity index (χ0v) is 17.8. The van der Waals surface area contributed by atoms with Gasteiger partial charge < -0.3 is 4.98 Å². The molecule has 1 atom stereocenters. The first-order valence-electron chi connectivity index (χ1n) is 8.95. The van der Waals surface area contributed by atoms with Crippen LogP contribution in [0.15, 0.2) is 77.8 Å². The van der Waals surface area contributed by atoms with E-state index >= 15 is 0 Å². The number of H-pyrrole nitrogens is 1. The first-order valence-corrected chi connectivity index (χ1v) is 11.2. The Kier molecular flexibility index (Phi) is 5.40. The number of nitrogens with one attached hydrogen (secondary N) is 2. The number of fused-ring (bicyclic) bond motifs is 1. The molecule has 1 aromatic heterocycles. The van der Waals surface area contributed by atoms with Crippen LogP contribution in [0.5, 0.6) is 0 Å². The molecule has 29 heavy (non-hydrogen) atoms. The van der Waals surface area contributed by atoms with Gasteiger partial charge >= 0.3 is 0 Å². The fourth-order valence-electron chi connectivity index (χ4n) is 3.28. The van der Waals surface area contributed by atoms with E-state index in [0.29, 0.717) is 15.6 Å². The van der Waals surface area contributed by atoms with Gasteiger partial charge in [0.2, 0.25) is 10.0 Å². The van der Waals surface area contributed by atoms with Crippen molar-refractivity contribution in [3.8, 4) is 0 Å². The molecule has 3 aromatic carbocycles. The molecule has 0 saturated carbocycles. The van der Waals surface area contributed by atoms with Crippen LogP contribution in [0, 0.1) is 6.92 Å². The molecule has 4 rings (SSSR count). The van der Waals surface area contributed by atoms with Crippen molar-refractivity contribution in [2.45, 2.75) is 17.9 Å². The molecule has 0 radical (unpaired) electrons. The summed E-state index contributed by atoms with van der Waals surface area (Å²) in [6.45, 7) is 1.91. The van der Waals surface area contributed by atoms with Gasteiger partial charge in [0.15, 0.2) is 0 Å². The standard InChI is InChI=1S/C22H18Cl2N2O2S/c1-14-6-9-16(10-7-14)29(27,28)26-22(15-8-11-19(23)20(24)12-15)18-13-25-21-5-3-2-4-17(18)21/h2-13,22,25-26H,1H3/t22-/m0/s1. The Morgan fingerprint density at radius 3 is 2.38 bits per heavy atom. The summed E-state index contributed by atoms with van der Waals surface area (Å²) in [7, 11) is -3.78. The monoisotopic (exact) mass is 444 g/mol. The Morgan fingerprint density at radius 2 is 1.66 bits per heavy atom. The highest BCUT2D eigenvalue weighted by Crippen LogP contribution is 2.33. The number of halogens is 2. The lowest BCUT2D eigenvalue weighted by Crippen LogP contribution is -2.29. The van der Waals surface area contributed by atoms with Crippen molar-refractivity contribution in [3.05, 3.63) is 99.7 Å². The average molecular weight is 445 g/mol. The average Bonchev–Trinajstić information content (AvgIpc) is 3.13. The van der Waals surface area contributed by atoms with E-state index in [-0.39, 0.29) is 4.90 Å². The molecule has 148 valence electrons. The van der Waals surface area contributed by atoms with Crippen LogP contribution in [0.4, 0.5) is 0 Å². The highest BCUT2D eigenvalue weighted by Gasteiger charge is 2.25. The lowest BCUT2D eigenvalue weighted by atomic mass is 9.99. The van der Waals surface area contributed by atoms with E-state index in [1.54, 1.807) is 42.5 Å². The molecule has 0 fully saturated rings. The summed E-state index contributed by atoms with van der Waals surface area (Å²) in [4.78, 5) is 3.41. The molecule has 0 aliphatic rings. The second-order valence-electron chi connectivity index (χ2n) is 6.83. The van der Waals surface area contributed by atoms with Gasteiger partial charge in [-0.05, 0) is 48.4 Å². The molecule has 1 heterocycles. The van der Waals surface area contributed by atoms with Gasteiger partial charge in [0, 0.05) is 17.1 Å². The quantitative estimate of drug-likeness (QED) is 0.405. The Morgan fingerprint density at radius 1 is 0.931 bits per heavy atom. The van der Waals surface area contributed by atoms with Gasteiger partial charge in [-0.2, -0.15) is 4.72 Å². The summed E-state index contributed by atoms with van der Waals surface area (Å²) >= 11 is 12.3. The molecule has 4 aromatic rings. The lowest BCUT2D eigenvalue weighted by Gasteiger charge is -2.20. The SMILES string of the molecule is Cc1ccc(S(=O)(=O)N[C@@H](c2ccc(Cl)c(Cl)c2)c2c[nH]c3ccccc23)cc1. The maximum Gasteiger partial charge on any atom is 0.241 e. The van der Waals surface area contributed by atoms with Crippen molar-refractivity contribution in [1.29, 1.82) is 0 Å². The molecule has 4 nitrogen and oxygen atoms in total. The van der Waals surface area contributed by atoms with E-state index in [1.807, 2.05) is 37.4 Å². The summed E-state index contributed by atoms with van der Waals surface area (Å²) in [6.07, 6.45) is 1.81. The molecule has 0 bridgehead atoms. The largest absolute Gasteiger partial charge is 0.361 e. The predicted molar refractivity (Wildman–Crippen MR) is 118 cm³/mol. The van der Waals surface area contributed by atoms with Crippen LogP contribution >= 0.6 is 23.2 Å². The maximum atomic E-state index is 13.1. The lowest BCUT2D eigenvalue weighted by molar-refractivity contribution is 0.572. The van der Waals surface area contributed by atoms with Crippen LogP contribution < -0.4 is 4.72 Å². The van der Waals surface area contributed by atoms with E-state index < -0.39 is 16.1 Å².